The van der Waals surface area contributed by atoms with Crippen LogP contribution in [0.5, 0.6) is 0 Å². The van der Waals surface area contributed by atoms with E-state index in [9.17, 15) is 0 Å². The molecular weight excluding hydrogens is 250 g/mol. The van der Waals surface area contributed by atoms with Crippen molar-refractivity contribution in [3.8, 4) is 0 Å². The number of nitrogens with zero attached hydrogens (tertiary/aromatic N) is 1. The Morgan fingerprint density at radius 3 is 2.45 bits per heavy atom. The van der Waals surface area contributed by atoms with Gasteiger partial charge < -0.3 is 16.3 Å². The lowest BCUT2D eigenvalue weighted by Crippen LogP contribution is -2.13. The summed E-state index contributed by atoms with van der Waals surface area (Å²) in [6.45, 7) is 4.82. The standard InChI is InChI=1S/C16H19N3O/c1-11-3-7-15(8-4-11)18-10-14-6-5-13(9-12(14)2)16(17)19-20/h3-9,18,20H,10H2,1-2H3,(H2,17,19). The maximum absolute atomic E-state index is 8.67. The van der Waals surface area contributed by atoms with Gasteiger partial charge in [0.25, 0.3) is 0 Å². The van der Waals surface area contributed by atoms with Gasteiger partial charge in [0.15, 0.2) is 5.84 Å². The van der Waals surface area contributed by atoms with Gasteiger partial charge >= 0.3 is 0 Å². The second kappa shape index (κ2) is 6.10. The van der Waals surface area contributed by atoms with Crippen LogP contribution >= 0.6 is 0 Å². The third kappa shape index (κ3) is 3.29. The van der Waals surface area contributed by atoms with Crippen LogP contribution in [0.1, 0.15) is 22.3 Å². The number of oxime groups is 1. The van der Waals surface area contributed by atoms with Crippen molar-refractivity contribution in [2.75, 3.05) is 5.32 Å². The molecule has 0 amide bonds. The third-order valence-corrected chi connectivity index (χ3v) is 3.28. The Morgan fingerprint density at radius 1 is 1.15 bits per heavy atom. The molecule has 0 fully saturated rings. The molecule has 0 aliphatic heterocycles. The predicted octanol–water partition coefficient (Wildman–Crippen LogP) is 3.01. The number of anilines is 1. The highest BCUT2D eigenvalue weighted by Crippen LogP contribution is 2.14. The van der Waals surface area contributed by atoms with E-state index >= 15 is 0 Å². The Labute approximate surface area is 118 Å². The minimum atomic E-state index is 0.131. The van der Waals surface area contributed by atoms with Gasteiger partial charge in [-0.25, -0.2) is 0 Å². The van der Waals surface area contributed by atoms with E-state index in [0.29, 0.717) is 0 Å². The van der Waals surface area contributed by atoms with Gasteiger partial charge in [0, 0.05) is 17.8 Å². The van der Waals surface area contributed by atoms with Crippen molar-refractivity contribution in [2.24, 2.45) is 10.9 Å². The van der Waals surface area contributed by atoms with E-state index in [-0.39, 0.29) is 5.84 Å². The lowest BCUT2D eigenvalue weighted by atomic mass is 10.0. The van der Waals surface area contributed by atoms with E-state index in [1.807, 2.05) is 25.1 Å². The SMILES string of the molecule is Cc1ccc(NCc2ccc(/C(N)=N/O)cc2C)cc1. The second-order valence-electron chi connectivity index (χ2n) is 4.85. The molecule has 4 nitrogen and oxygen atoms in total. The van der Waals surface area contributed by atoms with E-state index in [2.05, 4.69) is 41.7 Å². The predicted molar refractivity (Wildman–Crippen MR) is 82.2 cm³/mol. The molecule has 0 aliphatic rings. The Bertz CT molecular complexity index is 618. The fourth-order valence-electron chi connectivity index (χ4n) is 1.98. The molecule has 0 bridgehead atoms. The normalized spacial score (nSPS) is 11.4. The maximum atomic E-state index is 8.67. The van der Waals surface area contributed by atoms with Gasteiger partial charge in [0.05, 0.1) is 0 Å². The first-order valence-electron chi connectivity index (χ1n) is 6.48. The average Bonchev–Trinajstić information content (AvgIpc) is 2.46. The van der Waals surface area contributed by atoms with E-state index in [0.717, 1.165) is 23.4 Å². The van der Waals surface area contributed by atoms with Crippen molar-refractivity contribution >= 4 is 11.5 Å². The molecule has 0 unspecified atom stereocenters. The van der Waals surface area contributed by atoms with E-state index in [4.69, 9.17) is 10.9 Å². The molecule has 0 radical (unpaired) electrons. The van der Waals surface area contributed by atoms with Crippen molar-refractivity contribution in [3.63, 3.8) is 0 Å². The lowest BCUT2D eigenvalue weighted by Gasteiger charge is -2.10. The molecule has 2 rings (SSSR count). The Morgan fingerprint density at radius 2 is 1.85 bits per heavy atom. The van der Waals surface area contributed by atoms with Crippen molar-refractivity contribution in [2.45, 2.75) is 20.4 Å². The van der Waals surface area contributed by atoms with Gasteiger partial charge in [-0.3, -0.25) is 0 Å². The Kier molecular flexibility index (Phi) is 4.25. The van der Waals surface area contributed by atoms with Crippen LogP contribution in [-0.4, -0.2) is 11.0 Å². The summed E-state index contributed by atoms with van der Waals surface area (Å²) < 4.78 is 0. The molecule has 0 aromatic heterocycles. The van der Waals surface area contributed by atoms with Crippen molar-refractivity contribution < 1.29 is 5.21 Å². The monoisotopic (exact) mass is 269 g/mol. The van der Waals surface area contributed by atoms with Gasteiger partial charge in [0.1, 0.15) is 0 Å². The molecule has 20 heavy (non-hydrogen) atoms. The summed E-state index contributed by atoms with van der Waals surface area (Å²) in [4.78, 5) is 0. The largest absolute Gasteiger partial charge is 0.409 e. The number of hydrogen-bond donors (Lipinski definition) is 3. The zero-order valence-electron chi connectivity index (χ0n) is 11.7. The molecule has 0 aliphatic carbocycles. The van der Waals surface area contributed by atoms with Crippen LogP contribution in [0.4, 0.5) is 5.69 Å². The number of hydrogen-bond acceptors (Lipinski definition) is 3. The molecule has 0 spiro atoms. The highest BCUT2D eigenvalue weighted by Gasteiger charge is 2.03. The Hall–Kier alpha value is -2.49. The number of amidine groups is 1. The van der Waals surface area contributed by atoms with Crippen LogP contribution in [0.2, 0.25) is 0 Å². The van der Waals surface area contributed by atoms with Gasteiger partial charge in [-0.1, -0.05) is 35.0 Å². The first kappa shape index (κ1) is 13.9. The molecule has 2 aromatic carbocycles. The molecule has 0 heterocycles. The highest BCUT2D eigenvalue weighted by atomic mass is 16.4. The lowest BCUT2D eigenvalue weighted by molar-refractivity contribution is 0.318. The molecule has 104 valence electrons. The molecule has 0 saturated carbocycles. The molecular formula is C16H19N3O. The summed E-state index contributed by atoms with van der Waals surface area (Å²) in [5, 5.41) is 15.1. The summed E-state index contributed by atoms with van der Waals surface area (Å²) >= 11 is 0. The highest BCUT2D eigenvalue weighted by molar-refractivity contribution is 5.97. The molecule has 0 saturated heterocycles. The summed E-state index contributed by atoms with van der Waals surface area (Å²) in [5.74, 6) is 0.131. The van der Waals surface area contributed by atoms with Gasteiger partial charge in [-0.2, -0.15) is 0 Å². The maximum Gasteiger partial charge on any atom is 0.170 e. The Balaban J connectivity index is 2.08. The number of rotatable bonds is 4. The van der Waals surface area contributed by atoms with Crippen molar-refractivity contribution in [1.82, 2.24) is 0 Å². The van der Waals surface area contributed by atoms with Crippen molar-refractivity contribution in [1.29, 1.82) is 0 Å². The molecule has 0 atom stereocenters. The second-order valence-corrected chi connectivity index (χ2v) is 4.85. The minimum absolute atomic E-state index is 0.131. The quantitative estimate of drug-likeness (QED) is 0.346. The number of nitrogens with one attached hydrogen (secondary N) is 1. The van der Waals surface area contributed by atoms with E-state index < -0.39 is 0 Å². The summed E-state index contributed by atoms with van der Waals surface area (Å²) in [5.41, 5.74) is 10.9. The first-order chi connectivity index (χ1) is 9.60. The average molecular weight is 269 g/mol. The topological polar surface area (TPSA) is 70.6 Å². The van der Waals surface area contributed by atoms with Crippen LogP contribution in [0.15, 0.2) is 47.6 Å². The van der Waals surface area contributed by atoms with Crippen LogP contribution < -0.4 is 11.1 Å². The van der Waals surface area contributed by atoms with E-state index in [1.54, 1.807) is 0 Å². The third-order valence-electron chi connectivity index (χ3n) is 3.28. The van der Waals surface area contributed by atoms with Crippen molar-refractivity contribution in [3.05, 3.63) is 64.7 Å². The van der Waals surface area contributed by atoms with Crippen LogP contribution in [-0.2, 0) is 6.54 Å². The summed E-state index contributed by atoms with van der Waals surface area (Å²) in [7, 11) is 0. The number of aryl methyl sites for hydroxylation is 2. The minimum Gasteiger partial charge on any atom is -0.409 e. The van der Waals surface area contributed by atoms with Gasteiger partial charge in [0.2, 0.25) is 0 Å². The number of benzene rings is 2. The number of nitrogens with two attached hydrogens (primary N) is 1. The smallest absolute Gasteiger partial charge is 0.170 e. The van der Waals surface area contributed by atoms with E-state index in [1.165, 1.54) is 11.1 Å². The van der Waals surface area contributed by atoms with Crippen LogP contribution in [0.3, 0.4) is 0 Å². The zero-order valence-corrected chi connectivity index (χ0v) is 11.7. The molecule has 4 N–H and O–H groups in total. The van der Waals surface area contributed by atoms with Gasteiger partial charge in [-0.05, 0) is 43.2 Å². The summed E-state index contributed by atoms with van der Waals surface area (Å²) in [6, 6.07) is 14.1. The fraction of sp³-hybridized carbons (Fsp3) is 0.188. The summed E-state index contributed by atoms with van der Waals surface area (Å²) in [6.07, 6.45) is 0. The zero-order chi connectivity index (χ0) is 14.5. The first-order valence-corrected chi connectivity index (χ1v) is 6.48. The fourth-order valence-corrected chi connectivity index (χ4v) is 1.98. The van der Waals surface area contributed by atoms with Gasteiger partial charge in [-0.15, -0.1) is 0 Å². The van der Waals surface area contributed by atoms with Crippen LogP contribution in [0, 0.1) is 13.8 Å². The molecule has 2 aromatic rings. The van der Waals surface area contributed by atoms with Crippen LogP contribution in [0.25, 0.3) is 0 Å². The molecule has 4 heteroatoms.